The summed E-state index contributed by atoms with van der Waals surface area (Å²) in [7, 11) is 0. The van der Waals surface area contributed by atoms with Gasteiger partial charge in [-0.05, 0) is 108 Å². The Kier molecular flexibility index (Phi) is 11.5. The lowest BCUT2D eigenvalue weighted by molar-refractivity contribution is 1.07. The van der Waals surface area contributed by atoms with Crippen LogP contribution >= 0.6 is 0 Å². The van der Waals surface area contributed by atoms with E-state index in [2.05, 4.69) is 84.3 Å². The van der Waals surface area contributed by atoms with Crippen molar-refractivity contribution in [2.75, 3.05) is 0 Å². The van der Waals surface area contributed by atoms with Crippen molar-refractivity contribution in [1.82, 2.24) is 29.1 Å². The summed E-state index contributed by atoms with van der Waals surface area (Å²) in [5.74, 6) is 1.50. The van der Waals surface area contributed by atoms with Gasteiger partial charge in [-0.1, -0.05) is 109 Å². The third-order valence-corrected chi connectivity index (χ3v) is 14.4. The van der Waals surface area contributed by atoms with Gasteiger partial charge in [0, 0.05) is 66.8 Å². The molecule has 366 valence electrons. The number of nitriles is 3. The van der Waals surface area contributed by atoms with Gasteiger partial charge in [0.25, 0.3) is 0 Å². The van der Waals surface area contributed by atoms with E-state index in [0.29, 0.717) is 45.4 Å². The summed E-state index contributed by atoms with van der Waals surface area (Å²) in [5, 5.41) is 34.0. The molecule has 0 aliphatic heterocycles. The maximum Gasteiger partial charge on any atom is 0.189 e. The van der Waals surface area contributed by atoms with E-state index in [1.165, 1.54) is 24.3 Å². The predicted octanol–water partition coefficient (Wildman–Crippen LogP) is 16.7. The lowest BCUT2D eigenvalue weighted by Gasteiger charge is -2.17. The molecule has 13 rings (SSSR count). The standard InChI is InChI=1S/C68H34N12/c1-72-49-32-47(39-70)64(48(33-49)40-71)44-22-26-62-54(34-44)52-19-11-13-21-60(52)80(62)63-27-24-46(68-77-66(42-14-6-4-7-15-42)76-67(78-68)43-16-8-5-9-17-43)36-55(63)56-37-50(28-29-75-56)79-59-20-12-10-18-51(59)53-35-45(23-25-61(53)79)65-57(73-2)30-41(38-69)31-58(65)74-3/h4-37H. The topological polar surface area (TPSA) is 146 Å². The molecule has 80 heavy (non-hydrogen) atoms. The average Bonchev–Trinajstić information content (AvgIpc) is 4.26. The van der Waals surface area contributed by atoms with Crippen LogP contribution in [0.25, 0.3) is 137 Å². The number of benzene rings is 9. The number of fused-ring (bicyclic) bond motifs is 6. The monoisotopic (exact) mass is 1020 g/mol. The van der Waals surface area contributed by atoms with Crippen molar-refractivity contribution in [3.8, 4) is 97.3 Å². The van der Waals surface area contributed by atoms with Crippen molar-refractivity contribution in [1.29, 1.82) is 15.8 Å². The highest BCUT2D eigenvalue weighted by molar-refractivity contribution is 6.13. The summed E-state index contributed by atoms with van der Waals surface area (Å²) in [5.41, 5.74) is 12.7. The summed E-state index contributed by atoms with van der Waals surface area (Å²) < 4.78 is 4.40. The molecule has 9 aromatic carbocycles. The van der Waals surface area contributed by atoms with E-state index in [-0.39, 0.29) is 33.8 Å². The Hall–Kier alpha value is -12.3. The molecule has 12 nitrogen and oxygen atoms in total. The van der Waals surface area contributed by atoms with Crippen LogP contribution in [-0.2, 0) is 0 Å². The first kappa shape index (κ1) is 47.4. The molecule has 0 aliphatic carbocycles. The fourth-order valence-corrected chi connectivity index (χ4v) is 10.8. The summed E-state index contributed by atoms with van der Waals surface area (Å²) in [6.45, 7) is 23.7. The van der Waals surface area contributed by atoms with Crippen molar-refractivity contribution >= 4 is 60.7 Å². The Morgan fingerprint density at radius 2 is 0.900 bits per heavy atom. The Balaban J connectivity index is 1.05. The first-order valence-electron chi connectivity index (χ1n) is 25.1. The van der Waals surface area contributed by atoms with Crippen molar-refractivity contribution < 1.29 is 0 Å². The van der Waals surface area contributed by atoms with E-state index in [9.17, 15) is 15.8 Å². The second-order valence-corrected chi connectivity index (χ2v) is 18.8. The SMILES string of the molecule is [C-]#[N+]c1cc(C#N)c(-c2ccc3c(c2)c2ccccc2n3-c2ccc(-c3nc(-c4ccccc4)nc(-c4ccccc4)n3)cc2-c2cc(-n3c4ccccc4c4cc(-c5c([N+]#[C-])cc(C#N)cc5[N+]#[C-])ccc43)ccn2)c(C#N)c1. The molecule has 0 fully saturated rings. The molecule has 0 radical (unpaired) electrons. The number of hydrogen-bond acceptors (Lipinski definition) is 7. The number of hydrogen-bond donors (Lipinski definition) is 0. The Morgan fingerprint density at radius 1 is 0.400 bits per heavy atom. The maximum atomic E-state index is 10.3. The van der Waals surface area contributed by atoms with Gasteiger partial charge in [0.15, 0.2) is 34.5 Å². The number of rotatable bonds is 8. The minimum atomic E-state index is 0.219. The zero-order chi connectivity index (χ0) is 54.4. The van der Waals surface area contributed by atoms with Gasteiger partial charge < -0.3 is 9.13 Å². The molecule has 4 aromatic heterocycles. The van der Waals surface area contributed by atoms with Gasteiger partial charge in [-0.2, -0.15) is 15.8 Å². The summed E-state index contributed by atoms with van der Waals surface area (Å²) >= 11 is 0. The van der Waals surface area contributed by atoms with Crippen LogP contribution in [-0.4, -0.2) is 29.1 Å². The molecular formula is C68H34N12. The number of para-hydroxylation sites is 2. The largest absolute Gasteiger partial charge is 0.309 e. The van der Waals surface area contributed by atoms with Crippen LogP contribution in [0.1, 0.15) is 16.7 Å². The zero-order valence-corrected chi connectivity index (χ0v) is 42.0. The molecule has 0 saturated carbocycles. The van der Waals surface area contributed by atoms with Crippen LogP contribution in [0.4, 0.5) is 17.1 Å². The molecule has 0 unspecified atom stereocenters. The zero-order valence-electron chi connectivity index (χ0n) is 42.0. The Labute approximate surface area is 458 Å². The third-order valence-electron chi connectivity index (χ3n) is 14.4. The molecule has 0 bridgehead atoms. The molecule has 4 heterocycles. The lowest BCUT2D eigenvalue weighted by Crippen LogP contribution is -2.03. The minimum absolute atomic E-state index is 0.219. The van der Waals surface area contributed by atoms with E-state index in [1.807, 2.05) is 133 Å². The molecule has 0 spiro atoms. The summed E-state index contributed by atoms with van der Waals surface area (Å²) in [4.78, 5) is 31.4. The third kappa shape index (κ3) is 7.88. The average molecular weight is 1020 g/mol. The molecule has 0 N–H and O–H groups in total. The van der Waals surface area contributed by atoms with Crippen LogP contribution in [0, 0.1) is 53.7 Å². The fourth-order valence-electron chi connectivity index (χ4n) is 10.8. The summed E-state index contributed by atoms with van der Waals surface area (Å²) in [6, 6.07) is 70.7. The molecular weight excluding hydrogens is 985 g/mol. The lowest BCUT2D eigenvalue weighted by atomic mass is 9.93. The van der Waals surface area contributed by atoms with Gasteiger partial charge in [0.2, 0.25) is 0 Å². The van der Waals surface area contributed by atoms with Gasteiger partial charge >= 0.3 is 0 Å². The van der Waals surface area contributed by atoms with Crippen molar-refractivity contribution in [2.24, 2.45) is 0 Å². The molecule has 12 heteroatoms. The second-order valence-electron chi connectivity index (χ2n) is 18.8. The highest BCUT2D eigenvalue weighted by atomic mass is 15.0. The maximum absolute atomic E-state index is 10.3. The fraction of sp³-hybridized carbons (Fsp3) is 0. The molecule has 0 saturated heterocycles. The summed E-state index contributed by atoms with van der Waals surface area (Å²) in [6.07, 6.45) is 1.80. The van der Waals surface area contributed by atoms with Crippen LogP contribution in [0.5, 0.6) is 0 Å². The second kappa shape index (κ2) is 19.4. The van der Waals surface area contributed by atoms with E-state index >= 15 is 0 Å². The van der Waals surface area contributed by atoms with E-state index in [1.54, 1.807) is 6.20 Å². The molecule has 0 amide bonds. The first-order chi connectivity index (χ1) is 39.4. The Morgan fingerprint density at radius 3 is 1.45 bits per heavy atom. The normalized spacial score (nSPS) is 10.9. The minimum Gasteiger partial charge on any atom is -0.309 e. The first-order valence-corrected chi connectivity index (χ1v) is 25.1. The molecule has 13 aromatic rings. The molecule has 0 aliphatic rings. The number of pyridine rings is 1. The van der Waals surface area contributed by atoms with Crippen molar-refractivity contribution in [3.05, 3.63) is 257 Å². The van der Waals surface area contributed by atoms with Gasteiger partial charge in [-0.3, -0.25) is 4.98 Å². The number of aromatic nitrogens is 6. The van der Waals surface area contributed by atoms with Gasteiger partial charge in [0.1, 0.15) is 0 Å². The van der Waals surface area contributed by atoms with Crippen molar-refractivity contribution in [3.63, 3.8) is 0 Å². The number of nitrogens with zero attached hydrogens (tertiary/aromatic N) is 12. The molecule has 0 atom stereocenters. The Bertz CT molecular complexity index is 4900. The highest BCUT2D eigenvalue weighted by Crippen LogP contribution is 2.45. The van der Waals surface area contributed by atoms with Gasteiger partial charge in [-0.25, -0.2) is 29.5 Å². The van der Waals surface area contributed by atoms with Crippen LogP contribution in [0.2, 0.25) is 0 Å². The van der Waals surface area contributed by atoms with E-state index in [4.69, 9.17) is 39.7 Å². The van der Waals surface area contributed by atoms with E-state index < -0.39 is 0 Å². The van der Waals surface area contributed by atoms with Gasteiger partial charge in [-0.15, -0.1) is 0 Å². The predicted molar refractivity (Wildman–Crippen MR) is 312 cm³/mol. The van der Waals surface area contributed by atoms with Crippen LogP contribution in [0.15, 0.2) is 206 Å². The highest BCUT2D eigenvalue weighted by Gasteiger charge is 2.23. The smallest absolute Gasteiger partial charge is 0.189 e. The van der Waals surface area contributed by atoms with Crippen LogP contribution < -0.4 is 0 Å². The van der Waals surface area contributed by atoms with Crippen LogP contribution in [0.3, 0.4) is 0 Å². The quantitative estimate of drug-likeness (QED) is 0.138. The van der Waals surface area contributed by atoms with Crippen molar-refractivity contribution in [2.45, 2.75) is 0 Å². The van der Waals surface area contributed by atoms with E-state index in [0.717, 1.165) is 77.2 Å². The van der Waals surface area contributed by atoms with Gasteiger partial charge in [0.05, 0.1) is 82.5 Å².